The molecule has 2 nitrogen and oxygen atoms in total. The number of hydrogen-bond acceptors (Lipinski definition) is 2. The lowest BCUT2D eigenvalue weighted by atomic mass is 10.0. The SMILES string of the molecule is Cc1cc2ccccc2cc1N1c2ccccc2N(CC(C)C)[C@@H]1C. The molecule has 0 fully saturated rings. The fraction of sp³-hybridized carbons (Fsp3) is 0.304. The Morgan fingerprint density at radius 2 is 1.44 bits per heavy atom. The molecule has 0 bridgehead atoms. The first-order valence-electron chi connectivity index (χ1n) is 9.20. The van der Waals surface area contributed by atoms with Crippen molar-refractivity contribution in [1.29, 1.82) is 0 Å². The van der Waals surface area contributed by atoms with E-state index < -0.39 is 0 Å². The molecule has 3 aromatic carbocycles. The quantitative estimate of drug-likeness (QED) is 0.572. The fourth-order valence-electron chi connectivity index (χ4n) is 4.03. The van der Waals surface area contributed by atoms with E-state index in [4.69, 9.17) is 0 Å². The molecule has 1 heterocycles. The summed E-state index contributed by atoms with van der Waals surface area (Å²) in [6.07, 6.45) is 0.319. The smallest absolute Gasteiger partial charge is 0.104 e. The van der Waals surface area contributed by atoms with Crippen molar-refractivity contribution in [1.82, 2.24) is 0 Å². The number of nitrogens with zero attached hydrogens (tertiary/aromatic N) is 2. The zero-order valence-corrected chi connectivity index (χ0v) is 15.5. The monoisotopic (exact) mass is 330 g/mol. The molecule has 128 valence electrons. The number of benzene rings is 3. The number of fused-ring (bicyclic) bond motifs is 2. The van der Waals surface area contributed by atoms with Gasteiger partial charge in [-0.2, -0.15) is 0 Å². The van der Waals surface area contributed by atoms with Gasteiger partial charge in [0.25, 0.3) is 0 Å². The molecule has 0 spiro atoms. The van der Waals surface area contributed by atoms with Crippen LogP contribution in [0.5, 0.6) is 0 Å². The van der Waals surface area contributed by atoms with Gasteiger partial charge in [0.1, 0.15) is 6.17 Å². The van der Waals surface area contributed by atoms with Gasteiger partial charge in [-0.25, -0.2) is 0 Å². The van der Waals surface area contributed by atoms with Crippen LogP contribution in [0.2, 0.25) is 0 Å². The van der Waals surface area contributed by atoms with Crippen LogP contribution < -0.4 is 9.80 Å². The summed E-state index contributed by atoms with van der Waals surface area (Å²) >= 11 is 0. The van der Waals surface area contributed by atoms with E-state index in [1.807, 2.05) is 0 Å². The van der Waals surface area contributed by atoms with Crippen LogP contribution in [0.1, 0.15) is 26.3 Å². The Balaban J connectivity index is 1.86. The summed E-state index contributed by atoms with van der Waals surface area (Å²) in [6, 6.07) is 22.1. The lowest BCUT2D eigenvalue weighted by Crippen LogP contribution is -2.40. The molecule has 1 aliphatic rings. The minimum absolute atomic E-state index is 0.319. The Morgan fingerprint density at radius 1 is 0.840 bits per heavy atom. The molecule has 0 saturated heterocycles. The topological polar surface area (TPSA) is 6.48 Å². The van der Waals surface area contributed by atoms with Crippen LogP contribution in [0.3, 0.4) is 0 Å². The molecule has 0 aromatic heterocycles. The third kappa shape index (κ3) is 2.66. The predicted octanol–water partition coefficient (Wildman–Crippen LogP) is 6.11. The molecule has 0 radical (unpaired) electrons. The van der Waals surface area contributed by atoms with E-state index in [0.29, 0.717) is 12.1 Å². The molecule has 1 aliphatic heterocycles. The number of hydrogen-bond donors (Lipinski definition) is 0. The molecule has 0 saturated carbocycles. The van der Waals surface area contributed by atoms with Crippen molar-refractivity contribution in [3.05, 3.63) is 66.2 Å². The standard InChI is InChI=1S/C23H26N2/c1-16(2)15-24-18(4)25(22-12-8-7-11-21(22)24)23-14-20-10-6-5-9-19(20)13-17(23)3/h5-14,16,18H,15H2,1-4H3/t18-/m0/s1. The summed E-state index contributed by atoms with van der Waals surface area (Å²) in [5.41, 5.74) is 5.29. The van der Waals surface area contributed by atoms with Crippen LogP contribution in [0.15, 0.2) is 60.7 Å². The van der Waals surface area contributed by atoms with E-state index in [1.165, 1.54) is 33.4 Å². The Hall–Kier alpha value is -2.48. The van der Waals surface area contributed by atoms with Crippen molar-refractivity contribution in [3.63, 3.8) is 0 Å². The number of aryl methyl sites for hydroxylation is 1. The first-order chi connectivity index (χ1) is 12.1. The molecule has 0 N–H and O–H groups in total. The Morgan fingerprint density at radius 3 is 2.12 bits per heavy atom. The second-order valence-electron chi connectivity index (χ2n) is 7.52. The maximum absolute atomic E-state index is 2.54. The van der Waals surface area contributed by atoms with Crippen molar-refractivity contribution in [2.45, 2.75) is 33.9 Å². The molecular formula is C23H26N2. The molecule has 2 heteroatoms. The van der Waals surface area contributed by atoms with Crippen LogP contribution >= 0.6 is 0 Å². The van der Waals surface area contributed by atoms with E-state index in [-0.39, 0.29) is 0 Å². The number of para-hydroxylation sites is 2. The highest BCUT2D eigenvalue weighted by molar-refractivity contribution is 5.91. The third-order valence-electron chi connectivity index (χ3n) is 5.16. The minimum Gasteiger partial charge on any atom is -0.349 e. The largest absolute Gasteiger partial charge is 0.349 e. The van der Waals surface area contributed by atoms with Crippen molar-refractivity contribution >= 4 is 27.8 Å². The minimum atomic E-state index is 0.319. The van der Waals surface area contributed by atoms with Crippen LogP contribution in [0.25, 0.3) is 10.8 Å². The average Bonchev–Trinajstić information content (AvgIpc) is 2.86. The summed E-state index contributed by atoms with van der Waals surface area (Å²) in [7, 11) is 0. The first-order valence-corrected chi connectivity index (χ1v) is 9.20. The first kappa shape index (κ1) is 16.0. The van der Waals surface area contributed by atoms with Gasteiger partial charge in [-0.15, -0.1) is 0 Å². The van der Waals surface area contributed by atoms with E-state index >= 15 is 0 Å². The highest BCUT2D eigenvalue weighted by Crippen LogP contribution is 2.45. The number of anilines is 3. The molecule has 1 atom stereocenters. The zero-order chi connectivity index (χ0) is 17.6. The highest BCUT2D eigenvalue weighted by Gasteiger charge is 2.34. The average molecular weight is 330 g/mol. The third-order valence-corrected chi connectivity index (χ3v) is 5.16. The lowest BCUT2D eigenvalue weighted by Gasteiger charge is -2.32. The van der Waals surface area contributed by atoms with Gasteiger partial charge in [0.15, 0.2) is 0 Å². The van der Waals surface area contributed by atoms with E-state index in [0.717, 1.165) is 6.54 Å². The van der Waals surface area contributed by atoms with Crippen LogP contribution in [-0.2, 0) is 0 Å². The summed E-state index contributed by atoms with van der Waals surface area (Å²) in [4.78, 5) is 5.04. The molecular weight excluding hydrogens is 304 g/mol. The number of rotatable bonds is 3. The Bertz CT molecular complexity index is 913. The summed E-state index contributed by atoms with van der Waals surface area (Å²) < 4.78 is 0. The second kappa shape index (κ2) is 6.11. The Labute approximate surface area is 150 Å². The van der Waals surface area contributed by atoms with E-state index in [9.17, 15) is 0 Å². The van der Waals surface area contributed by atoms with E-state index in [2.05, 4.69) is 98.2 Å². The van der Waals surface area contributed by atoms with Gasteiger partial charge >= 0.3 is 0 Å². The Kier molecular flexibility index (Phi) is 3.91. The van der Waals surface area contributed by atoms with Crippen molar-refractivity contribution < 1.29 is 0 Å². The van der Waals surface area contributed by atoms with Crippen molar-refractivity contribution in [3.8, 4) is 0 Å². The van der Waals surface area contributed by atoms with Gasteiger partial charge in [0.05, 0.1) is 11.4 Å². The highest BCUT2D eigenvalue weighted by atomic mass is 15.4. The molecule has 3 aromatic rings. The molecule has 0 amide bonds. The zero-order valence-electron chi connectivity index (χ0n) is 15.5. The van der Waals surface area contributed by atoms with E-state index in [1.54, 1.807) is 0 Å². The van der Waals surface area contributed by atoms with Crippen LogP contribution in [-0.4, -0.2) is 12.7 Å². The summed E-state index contributed by atoms with van der Waals surface area (Å²) in [5.74, 6) is 0.633. The van der Waals surface area contributed by atoms with Crippen molar-refractivity contribution in [2.24, 2.45) is 5.92 Å². The van der Waals surface area contributed by atoms with Gasteiger partial charge in [-0.05, 0) is 60.4 Å². The van der Waals surface area contributed by atoms with Crippen LogP contribution in [0, 0.1) is 12.8 Å². The molecule has 0 aliphatic carbocycles. The van der Waals surface area contributed by atoms with Gasteiger partial charge in [-0.3, -0.25) is 0 Å². The van der Waals surface area contributed by atoms with Gasteiger partial charge in [-0.1, -0.05) is 50.2 Å². The molecule has 4 rings (SSSR count). The second-order valence-corrected chi connectivity index (χ2v) is 7.52. The maximum Gasteiger partial charge on any atom is 0.104 e. The predicted molar refractivity (Wildman–Crippen MR) is 109 cm³/mol. The molecule has 0 unspecified atom stereocenters. The summed E-state index contributed by atoms with van der Waals surface area (Å²) in [5, 5.41) is 2.61. The lowest BCUT2D eigenvalue weighted by molar-refractivity contribution is 0.571. The van der Waals surface area contributed by atoms with Gasteiger partial charge in [0, 0.05) is 12.2 Å². The van der Waals surface area contributed by atoms with Crippen molar-refractivity contribution in [2.75, 3.05) is 16.3 Å². The van der Waals surface area contributed by atoms with Crippen LogP contribution in [0.4, 0.5) is 17.1 Å². The van der Waals surface area contributed by atoms with Gasteiger partial charge in [0.2, 0.25) is 0 Å². The van der Waals surface area contributed by atoms with Gasteiger partial charge < -0.3 is 9.80 Å². The fourth-order valence-corrected chi connectivity index (χ4v) is 4.03. The normalized spacial score (nSPS) is 16.8. The maximum atomic E-state index is 2.54. The molecule has 25 heavy (non-hydrogen) atoms. The summed E-state index contributed by atoms with van der Waals surface area (Å²) in [6.45, 7) is 10.2.